The van der Waals surface area contributed by atoms with Crippen molar-refractivity contribution < 1.29 is 24.6 Å². The number of Topliss-reactive ketones (excluding diaryl/α,β-unsaturated/α-hetero) is 1. The molecule has 0 saturated carbocycles. The number of aliphatic hydroxyl groups is 1. The standard InChI is InChI=1S/C18H21NO5/c1-3-14(19-24-4-2)17-15(20)9-13(10-16(17)21)11-5-7-12(8-6-11)18(22)23/h5-8,13,20H,3-4,9-10H2,1-2H3,(H,22,23)/b19-14+. The lowest BCUT2D eigenvalue weighted by Gasteiger charge is -2.24. The first kappa shape index (κ1) is 17.7. The second-order valence-corrected chi connectivity index (χ2v) is 5.59. The molecule has 0 amide bonds. The highest BCUT2D eigenvalue weighted by Gasteiger charge is 2.31. The molecular formula is C18H21NO5. The SMILES string of the molecule is CCO/N=C(\CC)C1=C(O)CC(c2ccc(C(=O)O)cc2)CC1=O. The van der Waals surface area contributed by atoms with Gasteiger partial charge in [0.25, 0.3) is 0 Å². The van der Waals surface area contributed by atoms with Crippen molar-refractivity contribution in [3.63, 3.8) is 0 Å². The van der Waals surface area contributed by atoms with Gasteiger partial charge in [-0.15, -0.1) is 0 Å². The number of aromatic carboxylic acids is 1. The van der Waals surface area contributed by atoms with Crippen molar-refractivity contribution in [2.75, 3.05) is 6.61 Å². The van der Waals surface area contributed by atoms with E-state index in [0.717, 1.165) is 5.56 Å². The Morgan fingerprint density at radius 1 is 1.25 bits per heavy atom. The number of aliphatic hydroxyl groups excluding tert-OH is 1. The molecule has 0 aromatic heterocycles. The van der Waals surface area contributed by atoms with E-state index in [-0.39, 0.29) is 35.0 Å². The summed E-state index contributed by atoms with van der Waals surface area (Å²) in [6.07, 6.45) is 1.05. The van der Waals surface area contributed by atoms with Crippen LogP contribution >= 0.6 is 0 Å². The highest BCUT2D eigenvalue weighted by molar-refractivity contribution is 6.23. The van der Waals surface area contributed by atoms with Gasteiger partial charge in [0.05, 0.1) is 16.8 Å². The van der Waals surface area contributed by atoms with Crippen molar-refractivity contribution in [2.45, 2.75) is 39.0 Å². The van der Waals surface area contributed by atoms with E-state index in [0.29, 0.717) is 25.2 Å². The van der Waals surface area contributed by atoms with E-state index < -0.39 is 5.97 Å². The highest BCUT2D eigenvalue weighted by atomic mass is 16.6. The number of allylic oxidation sites excluding steroid dienone is 2. The summed E-state index contributed by atoms with van der Waals surface area (Å²) in [4.78, 5) is 28.4. The molecule has 0 spiro atoms. The van der Waals surface area contributed by atoms with Crippen molar-refractivity contribution in [3.8, 4) is 0 Å². The maximum Gasteiger partial charge on any atom is 0.335 e. The molecule has 24 heavy (non-hydrogen) atoms. The Labute approximate surface area is 140 Å². The minimum Gasteiger partial charge on any atom is -0.511 e. The van der Waals surface area contributed by atoms with E-state index in [9.17, 15) is 14.7 Å². The highest BCUT2D eigenvalue weighted by Crippen LogP contribution is 2.34. The van der Waals surface area contributed by atoms with Crippen LogP contribution in [0, 0.1) is 0 Å². The topological polar surface area (TPSA) is 96.2 Å². The number of carboxylic acid groups (broad SMARTS) is 1. The molecule has 1 unspecified atom stereocenters. The summed E-state index contributed by atoms with van der Waals surface area (Å²) in [6.45, 7) is 4.04. The Balaban J connectivity index is 2.25. The molecule has 128 valence electrons. The van der Waals surface area contributed by atoms with E-state index >= 15 is 0 Å². The van der Waals surface area contributed by atoms with Crippen LogP contribution in [0.1, 0.15) is 54.9 Å². The molecule has 6 nitrogen and oxygen atoms in total. The number of benzene rings is 1. The van der Waals surface area contributed by atoms with Gasteiger partial charge in [0, 0.05) is 12.8 Å². The fourth-order valence-electron chi connectivity index (χ4n) is 2.78. The van der Waals surface area contributed by atoms with Crippen LogP contribution in [0.15, 0.2) is 40.8 Å². The molecule has 2 rings (SSSR count). The largest absolute Gasteiger partial charge is 0.511 e. The number of hydrogen-bond acceptors (Lipinski definition) is 5. The zero-order valence-electron chi connectivity index (χ0n) is 13.8. The molecule has 1 aromatic carbocycles. The van der Waals surface area contributed by atoms with Crippen LogP contribution in [0.25, 0.3) is 0 Å². The lowest BCUT2D eigenvalue weighted by molar-refractivity contribution is -0.116. The Morgan fingerprint density at radius 3 is 2.42 bits per heavy atom. The van der Waals surface area contributed by atoms with Crippen LogP contribution in [-0.2, 0) is 9.63 Å². The molecule has 0 saturated heterocycles. The smallest absolute Gasteiger partial charge is 0.335 e. The molecular weight excluding hydrogens is 310 g/mol. The van der Waals surface area contributed by atoms with E-state index in [1.165, 1.54) is 12.1 Å². The summed E-state index contributed by atoms with van der Waals surface area (Å²) in [6, 6.07) is 6.39. The normalized spacial score (nSPS) is 18.7. The Kier molecular flexibility index (Phi) is 5.73. The van der Waals surface area contributed by atoms with Gasteiger partial charge in [0.1, 0.15) is 12.4 Å². The molecule has 0 bridgehead atoms. The van der Waals surface area contributed by atoms with Gasteiger partial charge in [-0.3, -0.25) is 4.79 Å². The number of rotatable bonds is 6. The Morgan fingerprint density at radius 2 is 1.92 bits per heavy atom. The number of nitrogens with zero attached hydrogens (tertiary/aromatic N) is 1. The zero-order chi connectivity index (χ0) is 17.7. The summed E-state index contributed by atoms with van der Waals surface area (Å²) >= 11 is 0. The minimum atomic E-state index is -0.994. The predicted octanol–water partition coefficient (Wildman–Crippen LogP) is 3.45. The Bertz CT molecular complexity index is 688. The molecule has 1 atom stereocenters. The van der Waals surface area contributed by atoms with Gasteiger partial charge >= 0.3 is 5.97 Å². The number of hydrogen-bond donors (Lipinski definition) is 2. The van der Waals surface area contributed by atoms with E-state index in [1.54, 1.807) is 19.1 Å². The number of carbonyl (C=O) groups excluding carboxylic acids is 1. The molecule has 0 heterocycles. The third-order valence-corrected chi connectivity index (χ3v) is 4.00. The van der Waals surface area contributed by atoms with Gasteiger partial charge < -0.3 is 15.1 Å². The number of ketones is 1. The quantitative estimate of drug-likeness (QED) is 0.615. The lowest BCUT2D eigenvalue weighted by atomic mass is 9.81. The molecule has 1 aliphatic carbocycles. The lowest BCUT2D eigenvalue weighted by Crippen LogP contribution is -2.23. The fraction of sp³-hybridized carbons (Fsp3) is 0.389. The average molecular weight is 331 g/mol. The fourth-order valence-corrected chi connectivity index (χ4v) is 2.78. The predicted molar refractivity (Wildman–Crippen MR) is 89.4 cm³/mol. The summed E-state index contributed by atoms with van der Waals surface area (Å²) in [5, 5.41) is 23.2. The van der Waals surface area contributed by atoms with Gasteiger partial charge in [-0.1, -0.05) is 24.2 Å². The van der Waals surface area contributed by atoms with Gasteiger partial charge in [-0.25, -0.2) is 4.79 Å². The number of carboxylic acids is 1. The van der Waals surface area contributed by atoms with Crippen molar-refractivity contribution >= 4 is 17.5 Å². The van der Waals surface area contributed by atoms with Crippen molar-refractivity contribution in [3.05, 3.63) is 46.7 Å². The summed E-state index contributed by atoms with van der Waals surface area (Å²) in [5.74, 6) is -1.33. The van der Waals surface area contributed by atoms with Crippen LogP contribution in [0.5, 0.6) is 0 Å². The second-order valence-electron chi connectivity index (χ2n) is 5.59. The third kappa shape index (κ3) is 3.82. The molecule has 1 aliphatic rings. The van der Waals surface area contributed by atoms with E-state index in [4.69, 9.17) is 9.94 Å². The summed E-state index contributed by atoms with van der Waals surface area (Å²) in [5.41, 5.74) is 1.74. The molecule has 2 N–H and O–H groups in total. The first-order valence-corrected chi connectivity index (χ1v) is 7.95. The van der Waals surface area contributed by atoms with Crippen LogP contribution in [0.4, 0.5) is 0 Å². The minimum absolute atomic E-state index is 0.0128. The van der Waals surface area contributed by atoms with Crippen LogP contribution in [0.3, 0.4) is 0 Å². The van der Waals surface area contributed by atoms with Gasteiger partial charge in [0.15, 0.2) is 5.78 Å². The van der Waals surface area contributed by atoms with E-state index in [2.05, 4.69) is 5.16 Å². The van der Waals surface area contributed by atoms with Gasteiger partial charge in [0.2, 0.25) is 0 Å². The zero-order valence-corrected chi connectivity index (χ0v) is 13.8. The van der Waals surface area contributed by atoms with Gasteiger partial charge in [-0.05, 0) is 37.0 Å². The molecule has 6 heteroatoms. The molecule has 0 radical (unpaired) electrons. The maximum absolute atomic E-state index is 12.5. The number of carbonyl (C=O) groups is 2. The van der Waals surface area contributed by atoms with Gasteiger partial charge in [-0.2, -0.15) is 0 Å². The summed E-state index contributed by atoms with van der Waals surface area (Å²) in [7, 11) is 0. The van der Waals surface area contributed by atoms with Crippen molar-refractivity contribution in [1.82, 2.24) is 0 Å². The summed E-state index contributed by atoms with van der Waals surface area (Å²) < 4.78 is 0. The second kappa shape index (κ2) is 7.77. The van der Waals surface area contributed by atoms with Crippen molar-refractivity contribution in [1.29, 1.82) is 0 Å². The van der Waals surface area contributed by atoms with Crippen LogP contribution < -0.4 is 0 Å². The van der Waals surface area contributed by atoms with Crippen molar-refractivity contribution in [2.24, 2.45) is 5.16 Å². The third-order valence-electron chi connectivity index (χ3n) is 4.00. The molecule has 0 aliphatic heterocycles. The van der Waals surface area contributed by atoms with E-state index in [1.807, 2.05) is 6.92 Å². The average Bonchev–Trinajstić information content (AvgIpc) is 2.57. The first-order valence-electron chi connectivity index (χ1n) is 7.95. The van der Waals surface area contributed by atoms with Crippen LogP contribution in [0.2, 0.25) is 0 Å². The maximum atomic E-state index is 12.5. The first-order chi connectivity index (χ1) is 11.5. The van der Waals surface area contributed by atoms with Crippen LogP contribution in [-0.4, -0.2) is 34.3 Å². The Hall–Kier alpha value is -2.63. The molecule has 0 fully saturated rings. The monoisotopic (exact) mass is 331 g/mol. The molecule has 1 aromatic rings. The number of oxime groups is 1.